The number of likely N-dealkylation sites (N-methyl/N-ethyl adjacent to an activating group) is 1. The van der Waals surface area contributed by atoms with E-state index in [-0.39, 0.29) is 5.70 Å². The molecule has 0 aliphatic carbocycles. The number of piperazine rings is 1. The third-order valence-corrected chi connectivity index (χ3v) is 4.88. The summed E-state index contributed by atoms with van der Waals surface area (Å²) in [7, 11) is 4.64. The molecule has 8 nitrogen and oxygen atoms in total. The molecule has 3 rings (SSSR count). The molecule has 1 aliphatic heterocycles. The van der Waals surface area contributed by atoms with E-state index in [9.17, 15) is 9.59 Å². The van der Waals surface area contributed by atoms with Gasteiger partial charge in [0.05, 0.1) is 31.5 Å². The van der Waals surface area contributed by atoms with Crippen LogP contribution in [0.15, 0.2) is 42.1 Å². The zero-order chi connectivity index (χ0) is 20.8. The van der Waals surface area contributed by atoms with Gasteiger partial charge in [0.1, 0.15) is 5.70 Å². The average molecular weight is 398 g/mol. The number of methoxy groups -OCH3 is 2. The SMILES string of the molecule is COC(=O)/C=C(/Nc1ccc2nc(CN3CCN(C)CC3)ccc2c1)C(=O)OC. The van der Waals surface area contributed by atoms with Crippen LogP contribution in [0, 0.1) is 0 Å². The van der Waals surface area contributed by atoms with E-state index in [1.54, 1.807) is 0 Å². The molecule has 1 aromatic heterocycles. The smallest absolute Gasteiger partial charge is 0.354 e. The Kier molecular flexibility index (Phi) is 6.79. The minimum absolute atomic E-state index is 0.00153. The first-order valence-electron chi connectivity index (χ1n) is 9.44. The Labute approximate surface area is 170 Å². The number of anilines is 1. The van der Waals surface area contributed by atoms with Crippen LogP contribution < -0.4 is 5.32 Å². The Balaban J connectivity index is 1.75. The third kappa shape index (κ3) is 5.52. The molecule has 1 saturated heterocycles. The van der Waals surface area contributed by atoms with Gasteiger partial charge in [0, 0.05) is 43.8 Å². The van der Waals surface area contributed by atoms with E-state index in [0.717, 1.165) is 55.4 Å². The fourth-order valence-corrected chi connectivity index (χ4v) is 3.16. The Morgan fingerprint density at radius 2 is 1.86 bits per heavy atom. The molecule has 0 atom stereocenters. The lowest BCUT2D eigenvalue weighted by Gasteiger charge is -2.32. The van der Waals surface area contributed by atoms with E-state index in [0.29, 0.717) is 5.69 Å². The van der Waals surface area contributed by atoms with Crippen molar-refractivity contribution in [3.8, 4) is 0 Å². The second-order valence-corrected chi connectivity index (χ2v) is 6.99. The second kappa shape index (κ2) is 9.49. The molecule has 0 saturated carbocycles. The molecule has 2 aromatic rings. The van der Waals surface area contributed by atoms with Crippen LogP contribution in [0.4, 0.5) is 5.69 Å². The monoisotopic (exact) mass is 398 g/mol. The number of pyridine rings is 1. The number of carbonyl (C=O) groups excluding carboxylic acids is 2. The van der Waals surface area contributed by atoms with Crippen molar-refractivity contribution in [3.63, 3.8) is 0 Å². The number of esters is 2. The molecule has 154 valence electrons. The highest BCUT2D eigenvalue weighted by Gasteiger charge is 2.15. The Morgan fingerprint density at radius 3 is 2.55 bits per heavy atom. The van der Waals surface area contributed by atoms with Gasteiger partial charge < -0.3 is 19.7 Å². The summed E-state index contributed by atoms with van der Waals surface area (Å²) in [4.78, 5) is 32.9. The molecule has 1 fully saturated rings. The molecule has 2 heterocycles. The van der Waals surface area contributed by atoms with Crippen molar-refractivity contribution in [2.45, 2.75) is 6.54 Å². The van der Waals surface area contributed by atoms with Crippen LogP contribution in [-0.4, -0.2) is 74.2 Å². The highest BCUT2D eigenvalue weighted by atomic mass is 16.5. The van der Waals surface area contributed by atoms with Crippen molar-refractivity contribution in [1.82, 2.24) is 14.8 Å². The highest BCUT2D eigenvalue weighted by Crippen LogP contribution is 2.20. The number of rotatable bonds is 6. The van der Waals surface area contributed by atoms with Gasteiger partial charge in [0.2, 0.25) is 0 Å². The maximum atomic E-state index is 11.9. The van der Waals surface area contributed by atoms with Gasteiger partial charge in [-0.3, -0.25) is 9.88 Å². The number of nitrogens with one attached hydrogen (secondary N) is 1. The molecule has 0 spiro atoms. The van der Waals surface area contributed by atoms with E-state index < -0.39 is 11.9 Å². The van der Waals surface area contributed by atoms with Crippen LogP contribution in [0.3, 0.4) is 0 Å². The molecule has 0 radical (unpaired) electrons. The molecule has 1 N–H and O–H groups in total. The highest BCUT2D eigenvalue weighted by molar-refractivity contribution is 5.99. The fraction of sp³-hybridized carbons (Fsp3) is 0.381. The number of aromatic nitrogens is 1. The van der Waals surface area contributed by atoms with Crippen molar-refractivity contribution in [2.24, 2.45) is 0 Å². The van der Waals surface area contributed by atoms with Crippen molar-refractivity contribution in [2.75, 3.05) is 52.8 Å². The first-order valence-corrected chi connectivity index (χ1v) is 9.44. The number of carbonyl (C=O) groups is 2. The van der Waals surface area contributed by atoms with E-state index >= 15 is 0 Å². The standard InChI is InChI=1S/C21H26N4O4/c1-24-8-10-25(11-9-24)14-17-5-4-15-12-16(6-7-18(15)23-17)22-19(21(27)29-3)13-20(26)28-2/h4-7,12-13,22H,8-11,14H2,1-3H3/b19-13+. The largest absolute Gasteiger partial charge is 0.466 e. The number of hydrogen-bond acceptors (Lipinski definition) is 8. The predicted octanol–water partition coefficient (Wildman–Crippen LogP) is 1.62. The van der Waals surface area contributed by atoms with Crippen LogP contribution in [0.1, 0.15) is 5.69 Å². The molecule has 29 heavy (non-hydrogen) atoms. The number of hydrogen-bond donors (Lipinski definition) is 1. The van der Waals surface area contributed by atoms with Gasteiger partial charge in [-0.25, -0.2) is 9.59 Å². The van der Waals surface area contributed by atoms with Crippen molar-refractivity contribution in [3.05, 3.63) is 47.8 Å². The van der Waals surface area contributed by atoms with Gasteiger partial charge >= 0.3 is 11.9 Å². The Morgan fingerprint density at radius 1 is 1.10 bits per heavy atom. The van der Waals surface area contributed by atoms with Crippen LogP contribution in [-0.2, 0) is 25.6 Å². The maximum absolute atomic E-state index is 11.9. The summed E-state index contributed by atoms with van der Waals surface area (Å²) in [6.45, 7) is 5.07. The lowest BCUT2D eigenvalue weighted by atomic mass is 10.1. The van der Waals surface area contributed by atoms with Crippen molar-refractivity contribution in [1.29, 1.82) is 0 Å². The van der Waals surface area contributed by atoms with Gasteiger partial charge in [-0.15, -0.1) is 0 Å². The van der Waals surface area contributed by atoms with Gasteiger partial charge in [-0.05, 0) is 31.3 Å². The van der Waals surface area contributed by atoms with Crippen LogP contribution >= 0.6 is 0 Å². The fourth-order valence-electron chi connectivity index (χ4n) is 3.16. The van der Waals surface area contributed by atoms with Gasteiger partial charge in [0.25, 0.3) is 0 Å². The zero-order valence-corrected chi connectivity index (χ0v) is 17.0. The zero-order valence-electron chi connectivity index (χ0n) is 17.0. The van der Waals surface area contributed by atoms with Crippen LogP contribution in [0.5, 0.6) is 0 Å². The molecule has 1 aliphatic rings. The first-order chi connectivity index (χ1) is 14.0. The van der Waals surface area contributed by atoms with Gasteiger partial charge in [0.15, 0.2) is 0 Å². The quantitative estimate of drug-likeness (QED) is 0.581. The summed E-state index contributed by atoms with van der Waals surface area (Å²) < 4.78 is 9.30. The topological polar surface area (TPSA) is 84.0 Å². The van der Waals surface area contributed by atoms with E-state index in [4.69, 9.17) is 9.72 Å². The summed E-state index contributed by atoms with van der Waals surface area (Å²) in [6, 6.07) is 9.61. The minimum atomic E-state index is -0.656. The van der Waals surface area contributed by atoms with Gasteiger partial charge in [-0.1, -0.05) is 6.07 Å². The van der Waals surface area contributed by atoms with Gasteiger partial charge in [-0.2, -0.15) is 0 Å². The Hall–Kier alpha value is -2.97. The van der Waals surface area contributed by atoms with Crippen molar-refractivity contribution >= 4 is 28.5 Å². The molecular formula is C21H26N4O4. The summed E-state index contributed by atoms with van der Waals surface area (Å²) in [5.74, 6) is -1.30. The lowest BCUT2D eigenvalue weighted by molar-refractivity contribution is -0.138. The second-order valence-electron chi connectivity index (χ2n) is 6.99. The van der Waals surface area contributed by atoms with E-state index in [2.05, 4.69) is 26.9 Å². The molecule has 1 aromatic carbocycles. The number of nitrogens with zero attached hydrogens (tertiary/aromatic N) is 3. The summed E-state index contributed by atoms with van der Waals surface area (Å²) in [5, 5.41) is 3.85. The van der Waals surface area contributed by atoms with E-state index in [1.807, 2.05) is 30.3 Å². The number of fused-ring (bicyclic) bond motifs is 1. The third-order valence-electron chi connectivity index (χ3n) is 4.88. The number of ether oxygens (including phenoxy) is 2. The molecular weight excluding hydrogens is 372 g/mol. The maximum Gasteiger partial charge on any atom is 0.354 e. The summed E-state index contributed by atoms with van der Waals surface area (Å²) in [5.41, 5.74) is 2.55. The summed E-state index contributed by atoms with van der Waals surface area (Å²) >= 11 is 0. The molecule has 0 amide bonds. The molecule has 8 heteroatoms. The number of benzene rings is 1. The van der Waals surface area contributed by atoms with Crippen LogP contribution in [0.25, 0.3) is 10.9 Å². The Bertz CT molecular complexity index is 920. The van der Waals surface area contributed by atoms with Crippen LogP contribution in [0.2, 0.25) is 0 Å². The molecule has 0 bridgehead atoms. The first kappa shape index (κ1) is 20.8. The lowest BCUT2D eigenvalue weighted by Crippen LogP contribution is -2.43. The minimum Gasteiger partial charge on any atom is -0.466 e. The predicted molar refractivity (Wildman–Crippen MR) is 110 cm³/mol. The normalized spacial score (nSPS) is 15.9. The van der Waals surface area contributed by atoms with E-state index in [1.165, 1.54) is 14.2 Å². The molecule has 0 unspecified atom stereocenters. The summed E-state index contributed by atoms with van der Waals surface area (Å²) in [6.07, 6.45) is 1.06. The average Bonchev–Trinajstić information content (AvgIpc) is 2.74. The van der Waals surface area contributed by atoms with Crippen molar-refractivity contribution < 1.29 is 19.1 Å².